The third kappa shape index (κ3) is 4.43. The van der Waals surface area contributed by atoms with Gasteiger partial charge < -0.3 is 4.90 Å². The Morgan fingerprint density at radius 3 is 2.52 bits per heavy atom. The molecular formula is C22H27ClN2O3S. The van der Waals surface area contributed by atoms with E-state index in [-0.39, 0.29) is 34.0 Å². The molecule has 1 saturated heterocycles. The molecular weight excluding hydrogens is 408 g/mol. The fourth-order valence-electron chi connectivity index (χ4n) is 3.89. The SMILES string of the molecule is CCC1CCCCN1C(=O)c1cc(S(=O)(=O)N(CC)c2ccccc2)ccc1Cl. The van der Waals surface area contributed by atoms with Crippen LogP contribution in [-0.2, 0) is 10.0 Å². The Morgan fingerprint density at radius 1 is 1.14 bits per heavy atom. The Kier molecular flexibility index (Phi) is 6.85. The van der Waals surface area contributed by atoms with Gasteiger partial charge in [0.2, 0.25) is 0 Å². The van der Waals surface area contributed by atoms with Crippen molar-refractivity contribution in [2.75, 3.05) is 17.4 Å². The molecule has 3 rings (SSSR count). The molecule has 1 aliphatic rings. The maximum atomic E-state index is 13.3. The van der Waals surface area contributed by atoms with Crippen molar-refractivity contribution >= 4 is 33.2 Å². The number of nitrogens with zero attached hydrogens (tertiary/aromatic N) is 2. The van der Waals surface area contributed by atoms with Crippen LogP contribution in [0.25, 0.3) is 0 Å². The highest BCUT2D eigenvalue weighted by atomic mass is 35.5. The summed E-state index contributed by atoms with van der Waals surface area (Å²) in [7, 11) is -3.82. The van der Waals surface area contributed by atoms with Crippen molar-refractivity contribution in [2.24, 2.45) is 0 Å². The number of amides is 1. The van der Waals surface area contributed by atoms with Gasteiger partial charge in [-0.15, -0.1) is 0 Å². The smallest absolute Gasteiger partial charge is 0.264 e. The molecule has 2 aromatic rings. The molecule has 0 saturated carbocycles. The number of piperidine rings is 1. The zero-order valence-corrected chi connectivity index (χ0v) is 18.4. The van der Waals surface area contributed by atoms with Crippen LogP contribution in [0.15, 0.2) is 53.4 Å². The second kappa shape index (κ2) is 9.18. The number of halogens is 1. The molecule has 7 heteroatoms. The minimum absolute atomic E-state index is 0.0704. The number of hydrogen-bond acceptors (Lipinski definition) is 3. The van der Waals surface area contributed by atoms with Crippen molar-refractivity contribution in [1.82, 2.24) is 4.90 Å². The summed E-state index contributed by atoms with van der Waals surface area (Å²) >= 11 is 6.33. The van der Waals surface area contributed by atoms with Gasteiger partial charge in [0, 0.05) is 19.1 Å². The van der Waals surface area contributed by atoms with Crippen LogP contribution in [0.4, 0.5) is 5.69 Å². The van der Waals surface area contributed by atoms with Crippen LogP contribution in [0.3, 0.4) is 0 Å². The van der Waals surface area contributed by atoms with Crippen LogP contribution in [-0.4, -0.2) is 38.4 Å². The predicted molar refractivity (Wildman–Crippen MR) is 117 cm³/mol. The van der Waals surface area contributed by atoms with Gasteiger partial charge in [-0.1, -0.05) is 36.7 Å². The summed E-state index contributed by atoms with van der Waals surface area (Å²) in [4.78, 5) is 15.1. The van der Waals surface area contributed by atoms with Crippen LogP contribution in [0.2, 0.25) is 5.02 Å². The number of para-hydroxylation sites is 1. The van der Waals surface area contributed by atoms with Gasteiger partial charge in [0.1, 0.15) is 0 Å². The standard InChI is InChI=1S/C22H27ClN2O3S/c1-3-17-10-8-9-15-24(17)22(26)20-16-19(13-14-21(20)23)29(27,28)25(4-2)18-11-6-5-7-12-18/h5-7,11-14,16-17H,3-4,8-10,15H2,1-2H3. The third-order valence-corrected chi connectivity index (χ3v) is 7.68. The largest absolute Gasteiger partial charge is 0.336 e. The average Bonchev–Trinajstić information content (AvgIpc) is 2.74. The molecule has 0 N–H and O–H groups in total. The van der Waals surface area contributed by atoms with E-state index in [0.717, 1.165) is 25.7 Å². The van der Waals surface area contributed by atoms with E-state index in [0.29, 0.717) is 12.2 Å². The van der Waals surface area contributed by atoms with Crippen molar-refractivity contribution < 1.29 is 13.2 Å². The van der Waals surface area contributed by atoms with Gasteiger partial charge in [0.05, 0.1) is 21.2 Å². The molecule has 1 fully saturated rings. The van der Waals surface area contributed by atoms with Crippen molar-refractivity contribution in [1.29, 1.82) is 0 Å². The molecule has 1 heterocycles. The molecule has 1 atom stereocenters. The number of sulfonamides is 1. The summed E-state index contributed by atoms with van der Waals surface area (Å²) in [5, 5.41) is 0.275. The minimum Gasteiger partial charge on any atom is -0.336 e. The lowest BCUT2D eigenvalue weighted by Gasteiger charge is -2.35. The number of benzene rings is 2. The normalized spacial score (nSPS) is 17.2. The molecule has 156 valence electrons. The molecule has 5 nitrogen and oxygen atoms in total. The van der Waals surface area contributed by atoms with E-state index in [1.165, 1.54) is 22.5 Å². The Labute approximate surface area is 178 Å². The number of likely N-dealkylation sites (tertiary alicyclic amines) is 1. The monoisotopic (exact) mass is 434 g/mol. The number of carbonyl (C=O) groups is 1. The highest BCUT2D eigenvalue weighted by molar-refractivity contribution is 7.92. The molecule has 1 unspecified atom stereocenters. The summed E-state index contributed by atoms with van der Waals surface area (Å²) in [6.45, 7) is 4.81. The molecule has 0 aliphatic carbocycles. The van der Waals surface area contributed by atoms with Gasteiger partial charge in [-0.2, -0.15) is 0 Å². The molecule has 1 aliphatic heterocycles. The van der Waals surface area contributed by atoms with Crippen molar-refractivity contribution in [3.63, 3.8) is 0 Å². The van der Waals surface area contributed by atoms with Gasteiger partial charge in [0.25, 0.3) is 15.9 Å². The molecule has 2 aromatic carbocycles. The van der Waals surface area contributed by atoms with Crippen molar-refractivity contribution in [3.8, 4) is 0 Å². The van der Waals surface area contributed by atoms with Crippen LogP contribution in [0.1, 0.15) is 49.9 Å². The maximum Gasteiger partial charge on any atom is 0.264 e. The summed E-state index contributed by atoms with van der Waals surface area (Å²) in [5.74, 6) is -0.193. The third-order valence-electron chi connectivity index (χ3n) is 5.45. The van der Waals surface area contributed by atoms with Crippen molar-refractivity contribution in [2.45, 2.75) is 50.5 Å². The van der Waals surface area contributed by atoms with E-state index in [1.807, 2.05) is 11.0 Å². The lowest BCUT2D eigenvalue weighted by atomic mass is 9.99. The average molecular weight is 435 g/mol. The highest BCUT2D eigenvalue weighted by Gasteiger charge is 2.30. The molecule has 29 heavy (non-hydrogen) atoms. The molecule has 0 radical (unpaired) electrons. The summed E-state index contributed by atoms with van der Waals surface area (Å²) in [6.07, 6.45) is 3.90. The van der Waals surface area contributed by atoms with Crippen LogP contribution in [0.5, 0.6) is 0 Å². The van der Waals surface area contributed by atoms with Gasteiger partial charge >= 0.3 is 0 Å². The predicted octanol–water partition coefficient (Wildman–Crippen LogP) is 4.96. The number of carbonyl (C=O) groups excluding carboxylic acids is 1. The zero-order chi connectivity index (χ0) is 21.0. The second-order valence-corrected chi connectivity index (χ2v) is 9.47. The number of anilines is 1. The summed E-state index contributed by atoms with van der Waals surface area (Å²) < 4.78 is 27.9. The van der Waals surface area contributed by atoms with E-state index in [9.17, 15) is 13.2 Å². The Balaban J connectivity index is 1.98. The quantitative estimate of drug-likeness (QED) is 0.645. The number of hydrogen-bond donors (Lipinski definition) is 0. The van der Waals surface area contributed by atoms with Crippen LogP contribution >= 0.6 is 11.6 Å². The van der Waals surface area contributed by atoms with Gasteiger partial charge in [0.15, 0.2) is 0 Å². The first-order valence-electron chi connectivity index (χ1n) is 10.1. The topological polar surface area (TPSA) is 57.7 Å². The first-order valence-corrected chi connectivity index (χ1v) is 11.9. The zero-order valence-electron chi connectivity index (χ0n) is 16.8. The highest BCUT2D eigenvalue weighted by Crippen LogP contribution is 2.29. The van der Waals surface area contributed by atoms with E-state index in [2.05, 4.69) is 6.92 Å². The lowest BCUT2D eigenvalue weighted by molar-refractivity contribution is 0.0608. The van der Waals surface area contributed by atoms with Gasteiger partial charge in [-0.3, -0.25) is 9.10 Å². The molecule has 0 spiro atoms. The van der Waals surface area contributed by atoms with E-state index in [4.69, 9.17) is 11.6 Å². The minimum atomic E-state index is -3.82. The Hall–Kier alpha value is -2.05. The van der Waals surface area contributed by atoms with E-state index >= 15 is 0 Å². The van der Waals surface area contributed by atoms with Gasteiger partial charge in [-0.25, -0.2) is 8.42 Å². The van der Waals surface area contributed by atoms with Crippen molar-refractivity contribution in [3.05, 3.63) is 59.1 Å². The second-order valence-electron chi connectivity index (χ2n) is 7.20. The fraction of sp³-hybridized carbons (Fsp3) is 0.409. The fourth-order valence-corrected chi connectivity index (χ4v) is 5.59. The summed E-state index contributed by atoms with van der Waals surface area (Å²) in [6, 6.07) is 13.5. The number of rotatable bonds is 6. The Bertz CT molecular complexity index is 963. The summed E-state index contributed by atoms with van der Waals surface area (Å²) in [5.41, 5.74) is 0.831. The van der Waals surface area contributed by atoms with Crippen LogP contribution < -0.4 is 4.31 Å². The van der Waals surface area contributed by atoms with E-state index < -0.39 is 10.0 Å². The molecule has 0 bridgehead atoms. The van der Waals surface area contributed by atoms with Gasteiger partial charge in [-0.05, 0) is 62.9 Å². The van der Waals surface area contributed by atoms with Crippen LogP contribution in [0, 0.1) is 0 Å². The lowest BCUT2D eigenvalue weighted by Crippen LogP contribution is -2.43. The Morgan fingerprint density at radius 2 is 1.86 bits per heavy atom. The first kappa shape index (κ1) is 21.7. The first-order chi connectivity index (χ1) is 13.9. The van der Waals surface area contributed by atoms with E-state index in [1.54, 1.807) is 31.2 Å². The maximum absolute atomic E-state index is 13.3. The molecule has 1 amide bonds. The molecule has 0 aromatic heterocycles.